The molecule has 0 bridgehead atoms. The summed E-state index contributed by atoms with van der Waals surface area (Å²) in [5.41, 5.74) is 0.890. The molecule has 0 amide bonds. The number of fused-ring (bicyclic) bond motifs is 3. The third kappa shape index (κ3) is 2.04. The smallest absolute Gasteiger partial charge is 0.323 e. The van der Waals surface area contributed by atoms with Crippen molar-refractivity contribution in [3.63, 3.8) is 0 Å². The summed E-state index contributed by atoms with van der Waals surface area (Å²) in [5.74, 6) is 0.0866. The summed E-state index contributed by atoms with van der Waals surface area (Å²) in [5, 5.41) is 9.57. The highest BCUT2D eigenvalue weighted by atomic mass is 32.1. The van der Waals surface area contributed by atoms with Crippen molar-refractivity contribution in [1.29, 1.82) is 0 Å². The summed E-state index contributed by atoms with van der Waals surface area (Å²) < 4.78 is 1.26. The molecule has 1 aliphatic rings. The maximum absolute atomic E-state index is 12.6. The predicted octanol–water partition coefficient (Wildman–Crippen LogP) is 1.98. The van der Waals surface area contributed by atoms with E-state index in [0.29, 0.717) is 17.1 Å². The molecule has 3 rings (SSSR count). The molecule has 0 saturated carbocycles. The Morgan fingerprint density at radius 2 is 2.30 bits per heavy atom. The fourth-order valence-corrected chi connectivity index (χ4v) is 4.27. The van der Waals surface area contributed by atoms with Gasteiger partial charge in [-0.2, -0.15) is 0 Å². The van der Waals surface area contributed by atoms with Gasteiger partial charge in [0.25, 0.3) is 5.56 Å². The number of hydrogen-bond acceptors (Lipinski definition) is 4. The molecular formula is C14H16N2O3S. The molecule has 1 N–H and O–H groups in total. The van der Waals surface area contributed by atoms with Gasteiger partial charge in [0, 0.05) is 4.88 Å². The summed E-state index contributed by atoms with van der Waals surface area (Å²) in [6.45, 7) is 3.58. The molecule has 2 aromatic rings. The number of aliphatic carboxylic acids is 1. The zero-order valence-electron chi connectivity index (χ0n) is 11.5. The number of aryl methyl sites for hydroxylation is 2. The second-order valence-corrected chi connectivity index (χ2v) is 6.56. The van der Waals surface area contributed by atoms with Gasteiger partial charge in [0.1, 0.15) is 17.2 Å². The van der Waals surface area contributed by atoms with Crippen molar-refractivity contribution in [3.8, 4) is 0 Å². The van der Waals surface area contributed by atoms with Gasteiger partial charge >= 0.3 is 5.97 Å². The Morgan fingerprint density at radius 3 is 3.00 bits per heavy atom. The van der Waals surface area contributed by atoms with Gasteiger partial charge in [0.15, 0.2) is 0 Å². The maximum Gasteiger partial charge on any atom is 0.323 e. The predicted molar refractivity (Wildman–Crippen MR) is 77.4 cm³/mol. The largest absolute Gasteiger partial charge is 0.480 e. The van der Waals surface area contributed by atoms with Crippen LogP contribution in [0.4, 0.5) is 0 Å². The van der Waals surface area contributed by atoms with Crippen molar-refractivity contribution in [3.05, 3.63) is 26.6 Å². The minimum Gasteiger partial charge on any atom is -0.480 e. The molecule has 5 nitrogen and oxygen atoms in total. The van der Waals surface area contributed by atoms with Crippen LogP contribution in [0, 0.1) is 12.8 Å². The Hall–Kier alpha value is -1.69. The molecule has 0 aliphatic heterocycles. The number of thiophene rings is 1. The van der Waals surface area contributed by atoms with E-state index < -0.39 is 5.97 Å². The van der Waals surface area contributed by atoms with Gasteiger partial charge < -0.3 is 5.11 Å². The minimum absolute atomic E-state index is 0.207. The van der Waals surface area contributed by atoms with Crippen molar-refractivity contribution in [1.82, 2.24) is 9.55 Å². The Balaban J connectivity index is 2.26. The highest BCUT2D eigenvalue weighted by Crippen LogP contribution is 2.35. The first-order valence-electron chi connectivity index (χ1n) is 6.71. The van der Waals surface area contributed by atoms with Crippen LogP contribution in [-0.2, 0) is 24.2 Å². The molecule has 2 aromatic heterocycles. The van der Waals surface area contributed by atoms with Crippen LogP contribution in [-0.4, -0.2) is 20.6 Å². The number of aromatic nitrogens is 2. The molecule has 6 heteroatoms. The molecule has 0 saturated heterocycles. The first-order chi connectivity index (χ1) is 9.47. The van der Waals surface area contributed by atoms with E-state index in [2.05, 4.69) is 11.9 Å². The molecule has 0 aromatic carbocycles. The van der Waals surface area contributed by atoms with Crippen LogP contribution in [0.2, 0.25) is 0 Å². The van der Waals surface area contributed by atoms with E-state index >= 15 is 0 Å². The Labute approximate surface area is 119 Å². The zero-order valence-corrected chi connectivity index (χ0v) is 12.3. The van der Waals surface area contributed by atoms with Crippen LogP contribution < -0.4 is 5.56 Å². The van der Waals surface area contributed by atoms with Crippen molar-refractivity contribution in [2.24, 2.45) is 5.92 Å². The molecule has 106 valence electrons. The van der Waals surface area contributed by atoms with Crippen molar-refractivity contribution >= 4 is 27.5 Å². The van der Waals surface area contributed by atoms with Gasteiger partial charge in [0.05, 0.1) is 5.39 Å². The van der Waals surface area contributed by atoms with Crippen LogP contribution >= 0.6 is 11.3 Å². The average molecular weight is 292 g/mol. The summed E-state index contributed by atoms with van der Waals surface area (Å²) in [6.07, 6.45) is 2.96. The number of hydrogen-bond donors (Lipinski definition) is 1. The van der Waals surface area contributed by atoms with Crippen molar-refractivity contribution in [2.45, 2.75) is 39.7 Å². The summed E-state index contributed by atoms with van der Waals surface area (Å²) in [7, 11) is 0. The van der Waals surface area contributed by atoms with E-state index in [1.165, 1.54) is 9.44 Å². The molecule has 1 aliphatic carbocycles. The normalized spacial score (nSPS) is 18.2. The third-order valence-electron chi connectivity index (χ3n) is 3.90. The average Bonchev–Trinajstić information content (AvgIpc) is 2.71. The van der Waals surface area contributed by atoms with Gasteiger partial charge in [-0.15, -0.1) is 11.3 Å². The second kappa shape index (κ2) is 4.70. The van der Waals surface area contributed by atoms with E-state index in [0.717, 1.165) is 29.7 Å². The SMILES string of the molecule is Cc1nc2sc3c(c2c(=O)n1CC(=O)O)CC[C@H](C)C3. The van der Waals surface area contributed by atoms with Gasteiger partial charge in [-0.3, -0.25) is 14.2 Å². The van der Waals surface area contributed by atoms with Crippen LogP contribution in [0.25, 0.3) is 10.2 Å². The molecular weight excluding hydrogens is 276 g/mol. The molecule has 20 heavy (non-hydrogen) atoms. The summed E-state index contributed by atoms with van der Waals surface area (Å²) >= 11 is 1.59. The van der Waals surface area contributed by atoms with E-state index in [1.54, 1.807) is 18.3 Å². The molecule has 1 atom stereocenters. The molecule has 0 unspecified atom stereocenters. The first kappa shape index (κ1) is 13.3. The van der Waals surface area contributed by atoms with E-state index in [-0.39, 0.29) is 12.1 Å². The summed E-state index contributed by atoms with van der Waals surface area (Å²) in [6, 6.07) is 0. The van der Waals surface area contributed by atoms with Crippen LogP contribution in [0.3, 0.4) is 0 Å². The number of rotatable bonds is 2. The number of carboxylic acid groups (broad SMARTS) is 1. The van der Waals surface area contributed by atoms with Crippen LogP contribution in [0.1, 0.15) is 29.6 Å². The standard InChI is InChI=1S/C14H16N2O3S/c1-7-3-4-9-10(5-7)20-13-12(9)14(19)16(6-11(17)18)8(2)15-13/h7H,3-6H2,1-2H3,(H,17,18)/t7-/m0/s1. The van der Waals surface area contributed by atoms with Crippen molar-refractivity contribution in [2.75, 3.05) is 0 Å². The van der Waals surface area contributed by atoms with Gasteiger partial charge in [-0.05, 0) is 37.7 Å². The van der Waals surface area contributed by atoms with E-state index in [4.69, 9.17) is 5.11 Å². The van der Waals surface area contributed by atoms with Gasteiger partial charge in [-0.1, -0.05) is 6.92 Å². The fraction of sp³-hybridized carbons (Fsp3) is 0.500. The maximum atomic E-state index is 12.6. The monoisotopic (exact) mass is 292 g/mol. The number of carboxylic acids is 1. The van der Waals surface area contributed by atoms with Crippen molar-refractivity contribution < 1.29 is 9.90 Å². The van der Waals surface area contributed by atoms with Gasteiger partial charge in [-0.25, -0.2) is 4.98 Å². The first-order valence-corrected chi connectivity index (χ1v) is 7.52. The molecule has 0 spiro atoms. The molecule has 0 fully saturated rings. The topological polar surface area (TPSA) is 72.2 Å². The Morgan fingerprint density at radius 1 is 1.55 bits per heavy atom. The lowest BCUT2D eigenvalue weighted by Gasteiger charge is -2.17. The third-order valence-corrected chi connectivity index (χ3v) is 5.05. The van der Waals surface area contributed by atoms with Gasteiger partial charge in [0.2, 0.25) is 0 Å². The summed E-state index contributed by atoms with van der Waals surface area (Å²) in [4.78, 5) is 29.9. The van der Waals surface area contributed by atoms with E-state index in [1.807, 2.05) is 0 Å². The lowest BCUT2D eigenvalue weighted by molar-refractivity contribution is -0.137. The highest BCUT2D eigenvalue weighted by Gasteiger charge is 2.24. The molecule has 2 heterocycles. The second-order valence-electron chi connectivity index (χ2n) is 5.48. The molecule has 0 radical (unpaired) electrons. The number of carbonyl (C=O) groups is 1. The zero-order chi connectivity index (χ0) is 14.4. The lowest BCUT2D eigenvalue weighted by Crippen LogP contribution is -2.27. The lowest BCUT2D eigenvalue weighted by atomic mass is 9.89. The van der Waals surface area contributed by atoms with Crippen LogP contribution in [0.15, 0.2) is 4.79 Å². The Kier molecular flexibility index (Phi) is 3.12. The Bertz CT molecular complexity index is 760. The van der Waals surface area contributed by atoms with E-state index in [9.17, 15) is 9.59 Å². The number of nitrogens with zero attached hydrogens (tertiary/aromatic N) is 2. The quantitative estimate of drug-likeness (QED) is 0.918. The minimum atomic E-state index is -1.02. The van der Waals surface area contributed by atoms with Crippen LogP contribution in [0.5, 0.6) is 0 Å². The highest BCUT2D eigenvalue weighted by molar-refractivity contribution is 7.18. The fourth-order valence-electron chi connectivity index (χ4n) is 2.85.